The van der Waals surface area contributed by atoms with Gasteiger partial charge in [0.1, 0.15) is 11.5 Å². The topological polar surface area (TPSA) is 70.1 Å². The number of benzene rings is 1. The summed E-state index contributed by atoms with van der Waals surface area (Å²) in [6.45, 7) is 8.90. The average Bonchev–Trinajstić information content (AvgIpc) is 3.29. The van der Waals surface area contributed by atoms with Crippen LogP contribution in [0.4, 0.5) is 0 Å². The summed E-state index contributed by atoms with van der Waals surface area (Å²) in [6.07, 6.45) is 0. The molecule has 1 amide bonds. The quantitative estimate of drug-likeness (QED) is 0.393. The molecule has 6 nitrogen and oxygen atoms in total. The van der Waals surface area contributed by atoms with Crippen molar-refractivity contribution in [2.45, 2.75) is 26.8 Å². The molecule has 1 aromatic carbocycles. The molecule has 1 aliphatic rings. The molecule has 0 bridgehead atoms. The van der Waals surface area contributed by atoms with Crippen LogP contribution in [0.25, 0.3) is 5.76 Å². The van der Waals surface area contributed by atoms with Gasteiger partial charge in [0.05, 0.1) is 24.3 Å². The van der Waals surface area contributed by atoms with Gasteiger partial charge in [-0.05, 0) is 49.2 Å². The maximum absolute atomic E-state index is 13.1. The van der Waals surface area contributed by atoms with Gasteiger partial charge < -0.3 is 19.6 Å². The molecule has 1 atom stereocenters. The number of ether oxygens (including phenoxy) is 1. The number of ketones is 1. The fraction of sp³-hybridized carbons (Fsp3) is 0.391. The molecule has 0 radical (unpaired) electrons. The molecule has 0 aliphatic carbocycles. The van der Waals surface area contributed by atoms with E-state index in [9.17, 15) is 14.7 Å². The third-order valence-corrected chi connectivity index (χ3v) is 6.68. The molecule has 30 heavy (non-hydrogen) atoms. The Morgan fingerprint density at radius 1 is 1.20 bits per heavy atom. The first-order valence-corrected chi connectivity index (χ1v) is 11.0. The summed E-state index contributed by atoms with van der Waals surface area (Å²) in [5.74, 6) is -0.980. The van der Waals surface area contributed by atoms with Gasteiger partial charge in [-0.1, -0.05) is 26.0 Å². The minimum Gasteiger partial charge on any atom is -0.507 e. The Labute approximate surface area is 181 Å². The van der Waals surface area contributed by atoms with Crippen molar-refractivity contribution < 1.29 is 19.4 Å². The van der Waals surface area contributed by atoms with E-state index in [1.54, 1.807) is 29.2 Å². The van der Waals surface area contributed by atoms with Gasteiger partial charge in [-0.2, -0.15) is 0 Å². The van der Waals surface area contributed by atoms with Crippen molar-refractivity contribution in [1.82, 2.24) is 9.80 Å². The van der Waals surface area contributed by atoms with Gasteiger partial charge in [-0.3, -0.25) is 9.59 Å². The van der Waals surface area contributed by atoms with E-state index in [2.05, 4.69) is 18.7 Å². The third kappa shape index (κ3) is 4.00. The van der Waals surface area contributed by atoms with Crippen molar-refractivity contribution >= 4 is 28.8 Å². The number of methoxy groups -OCH3 is 1. The number of hydrogen-bond acceptors (Lipinski definition) is 6. The van der Waals surface area contributed by atoms with Crippen LogP contribution < -0.4 is 4.74 Å². The number of para-hydroxylation sites is 1. The van der Waals surface area contributed by atoms with Crippen LogP contribution in [-0.4, -0.2) is 59.9 Å². The Hall–Kier alpha value is -2.64. The standard InChI is InChI=1S/C23H28N2O4S/c1-5-24(6-2)12-13-25-19(22-15(3)11-14-30-22)18(21(27)23(25)28)20(26)16-9-7-8-10-17(16)29-4/h7-11,14,19,26H,5-6,12-13H2,1-4H3/b20-18+. The smallest absolute Gasteiger partial charge is 0.295 e. The number of Topliss-reactive ketones (excluding diaryl/α,β-unsaturated/α-hetero) is 1. The van der Waals surface area contributed by atoms with Crippen LogP contribution in [0.15, 0.2) is 41.3 Å². The summed E-state index contributed by atoms with van der Waals surface area (Å²) in [6, 6.07) is 8.32. The summed E-state index contributed by atoms with van der Waals surface area (Å²) >= 11 is 1.49. The van der Waals surface area contributed by atoms with Crippen molar-refractivity contribution in [3.05, 3.63) is 57.3 Å². The number of aliphatic hydroxyl groups excluding tert-OH is 1. The first-order valence-electron chi connectivity index (χ1n) is 10.1. The Morgan fingerprint density at radius 3 is 2.50 bits per heavy atom. The monoisotopic (exact) mass is 428 g/mol. The lowest BCUT2D eigenvalue weighted by Crippen LogP contribution is -2.37. The first kappa shape index (κ1) is 22.1. The number of likely N-dealkylation sites (tertiary alicyclic amines) is 1. The van der Waals surface area contributed by atoms with Crippen molar-refractivity contribution in [3.8, 4) is 5.75 Å². The molecule has 1 fully saturated rings. The van der Waals surface area contributed by atoms with Crippen LogP contribution in [-0.2, 0) is 9.59 Å². The van der Waals surface area contributed by atoms with Gasteiger partial charge in [0.15, 0.2) is 0 Å². The summed E-state index contributed by atoms with van der Waals surface area (Å²) in [5, 5.41) is 13.1. The number of likely N-dealkylation sites (N-methyl/N-ethyl adjacent to an activating group) is 1. The van der Waals surface area contributed by atoms with Gasteiger partial charge in [-0.15, -0.1) is 11.3 Å². The highest BCUT2D eigenvalue weighted by molar-refractivity contribution is 7.10. The lowest BCUT2D eigenvalue weighted by molar-refractivity contribution is -0.140. The number of nitrogens with zero attached hydrogens (tertiary/aromatic N) is 2. The van der Waals surface area contributed by atoms with Crippen molar-refractivity contribution in [3.63, 3.8) is 0 Å². The summed E-state index contributed by atoms with van der Waals surface area (Å²) < 4.78 is 5.36. The maximum Gasteiger partial charge on any atom is 0.295 e. The van der Waals surface area contributed by atoms with Gasteiger partial charge in [0.25, 0.3) is 11.7 Å². The van der Waals surface area contributed by atoms with E-state index in [1.807, 2.05) is 18.4 Å². The van der Waals surface area contributed by atoms with Crippen molar-refractivity contribution in [2.75, 3.05) is 33.3 Å². The van der Waals surface area contributed by atoms with Gasteiger partial charge in [0, 0.05) is 18.0 Å². The van der Waals surface area contributed by atoms with E-state index in [1.165, 1.54) is 18.4 Å². The largest absolute Gasteiger partial charge is 0.507 e. The fourth-order valence-corrected chi connectivity index (χ4v) is 4.87. The highest BCUT2D eigenvalue weighted by Gasteiger charge is 2.47. The molecular formula is C23H28N2O4S. The number of hydrogen-bond donors (Lipinski definition) is 1. The molecule has 2 aromatic rings. The first-order chi connectivity index (χ1) is 14.4. The molecule has 1 unspecified atom stereocenters. The zero-order chi connectivity index (χ0) is 21.8. The van der Waals surface area contributed by atoms with Gasteiger partial charge in [0.2, 0.25) is 0 Å². The molecule has 160 valence electrons. The molecule has 3 rings (SSSR count). The SMILES string of the molecule is CCN(CC)CCN1C(=O)C(=O)/C(=C(/O)c2ccccc2OC)C1c1sccc1C. The number of thiophene rings is 1. The fourth-order valence-electron chi connectivity index (χ4n) is 3.82. The number of aryl methyl sites for hydroxylation is 1. The minimum absolute atomic E-state index is 0.120. The summed E-state index contributed by atoms with van der Waals surface area (Å²) in [7, 11) is 1.51. The molecule has 0 spiro atoms. The van der Waals surface area contributed by atoms with E-state index < -0.39 is 17.7 Å². The second-order valence-corrected chi connectivity index (χ2v) is 8.14. The minimum atomic E-state index is -0.657. The number of carbonyl (C=O) groups is 2. The molecule has 1 aromatic heterocycles. The zero-order valence-electron chi connectivity index (χ0n) is 17.8. The van der Waals surface area contributed by atoms with Crippen LogP contribution in [0.2, 0.25) is 0 Å². The van der Waals surface area contributed by atoms with E-state index in [-0.39, 0.29) is 11.3 Å². The molecular weight excluding hydrogens is 400 g/mol. The molecule has 2 heterocycles. The normalized spacial score (nSPS) is 18.4. The lowest BCUT2D eigenvalue weighted by atomic mass is 9.98. The number of amides is 1. The number of carbonyl (C=O) groups excluding carboxylic acids is 2. The van der Waals surface area contributed by atoms with Crippen LogP contribution in [0.5, 0.6) is 5.75 Å². The lowest BCUT2D eigenvalue weighted by Gasteiger charge is -2.27. The number of aliphatic hydroxyl groups is 1. The predicted molar refractivity (Wildman–Crippen MR) is 119 cm³/mol. The van der Waals surface area contributed by atoms with Crippen LogP contribution in [0.1, 0.15) is 35.9 Å². The van der Waals surface area contributed by atoms with E-state index in [0.717, 1.165) is 23.5 Å². The van der Waals surface area contributed by atoms with Gasteiger partial charge >= 0.3 is 0 Å². The summed E-state index contributed by atoms with van der Waals surface area (Å²) in [5.41, 5.74) is 1.52. The Balaban J connectivity index is 2.12. The zero-order valence-corrected chi connectivity index (χ0v) is 18.7. The predicted octanol–water partition coefficient (Wildman–Crippen LogP) is 3.83. The Bertz CT molecular complexity index is 962. The Morgan fingerprint density at radius 2 is 1.90 bits per heavy atom. The summed E-state index contributed by atoms with van der Waals surface area (Å²) in [4.78, 5) is 30.8. The van der Waals surface area contributed by atoms with E-state index in [0.29, 0.717) is 24.4 Å². The second kappa shape index (κ2) is 9.45. The molecule has 0 saturated carbocycles. The Kier molecular flexibility index (Phi) is 6.95. The van der Waals surface area contributed by atoms with Crippen molar-refractivity contribution in [1.29, 1.82) is 0 Å². The van der Waals surface area contributed by atoms with Crippen LogP contribution >= 0.6 is 11.3 Å². The van der Waals surface area contributed by atoms with E-state index in [4.69, 9.17) is 4.74 Å². The second-order valence-electron chi connectivity index (χ2n) is 7.19. The third-order valence-electron chi connectivity index (χ3n) is 5.60. The van der Waals surface area contributed by atoms with Gasteiger partial charge in [-0.25, -0.2) is 0 Å². The molecule has 1 saturated heterocycles. The highest BCUT2D eigenvalue weighted by Crippen LogP contribution is 2.43. The highest BCUT2D eigenvalue weighted by atomic mass is 32.1. The van der Waals surface area contributed by atoms with Crippen LogP contribution in [0, 0.1) is 6.92 Å². The van der Waals surface area contributed by atoms with E-state index >= 15 is 0 Å². The average molecular weight is 429 g/mol. The molecule has 7 heteroatoms. The van der Waals surface area contributed by atoms with Crippen LogP contribution in [0.3, 0.4) is 0 Å². The van der Waals surface area contributed by atoms with Crippen molar-refractivity contribution in [2.24, 2.45) is 0 Å². The maximum atomic E-state index is 13.1. The molecule has 1 N–H and O–H groups in total. The molecule has 1 aliphatic heterocycles. The number of rotatable bonds is 8.